The monoisotopic (exact) mass is 300 g/mol. The maximum atomic E-state index is 5.86. The van der Waals surface area contributed by atoms with Crippen LogP contribution in [0.15, 0.2) is 29.8 Å². The molecule has 0 bridgehead atoms. The van der Waals surface area contributed by atoms with E-state index < -0.39 is 0 Å². The second-order valence-electron chi connectivity index (χ2n) is 4.69. The van der Waals surface area contributed by atoms with Gasteiger partial charge in [0.25, 0.3) is 0 Å². The lowest BCUT2D eigenvalue weighted by Gasteiger charge is -2.03. The molecule has 3 aromatic rings. The molecule has 0 aliphatic heterocycles. The quantitative estimate of drug-likeness (QED) is 0.782. The molecule has 0 fully saturated rings. The molecule has 108 valence electrons. The highest BCUT2D eigenvalue weighted by molar-refractivity contribution is 7.13. The number of anilines is 1. The van der Waals surface area contributed by atoms with E-state index in [0.29, 0.717) is 12.4 Å². The van der Waals surface area contributed by atoms with Crippen molar-refractivity contribution in [2.75, 3.05) is 5.73 Å². The van der Waals surface area contributed by atoms with Crippen LogP contribution < -0.4 is 5.73 Å². The van der Waals surface area contributed by atoms with Gasteiger partial charge in [-0.15, -0.1) is 16.4 Å². The Morgan fingerprint density at radius 1 is 1.33 bits per heavy atom. The van der Waals surface area contributed by atoms with E-state index in [9.17, 15) is 0 Å². The van der Waals surface area contributed by atoms with Crippen LogP contribution in [-0.4, -0.2) is 25.0 Å². The molecule has 3 aromatic heterocycles. The lowest BCUT2D eigenvalue weighted by molar-refractivity contribution is 0.606. The third kappa shape index (κ3) is 2.92. The number of hydrogen-bond donors (Lipinski definition) is 1. The first-order valence-corrected chi connectivity index (χ1v) is 7.69. The highest BCUT2D eigenvalue weighted by Gasteiger charge is 2.12. The fraction of sp³-hybridized carbons (Fsp3) is 0.286. The fourth-order valence-corrected chi connectivity index (χ4v) is 2.89. The summed E-state index contributed by atoms with van der Waals surface area (Å²) in [6, 6.07) is 5.81. The van der Waals surface area contributed by atoms with Crippen LogP contribution in [-0.2, 0) is 13.0 Å². The van der Waals surface area contributed by atoms with Crippen LogP contribution in [0.2, 0.25) is 0 Å². The predicted molar refractivity (Wildman–Crippen MR) is 82.9 cm³/mol. The van der Waals surface area contributed by atoms with E-state index in [1.165, 1.54) is 0 Å². The summed E-state index contributed by atoms with van der Waals surface area (Å²) in [5.41, 5.74) is 8.67. The largest absolute Gasteiger partial charge is 0.381 e. The molecule has 0 unspecified atom stereocenters. The van der Waals surface area contributed by atoms with Gasteiger partial charge in [-0.2, -0.15) is 0 Å². The molecule has 0 radical (unpaired) electrons. The number of nitrogen functional groups attached to an aromatic ring is 1. The molecule has 0 atom stereocenters. The minimum absolute atomic E-state index is 0.511. The van der Waals surface area contributed by atoms with E-state index in [1.807, 2.05) is 28.3 Å². The molecule has 3 heterocycles. The van der Waals surface area contributed by atoms with Crippen molar-refractivity contribution in [3.63, 3.8) is 0 Å². The Morgan fingerprint density at radius 3 is 3.00 bits per heavy atom. The molecular formula is C14H16N6S. The molecule has 0 spiro atoms. The molecule has 21 heavy (non-hydrogen) atoms. The molecule has 3 rings (SSSR count). The molecule has 0 amide bonds. The second kappa shape index (κ2) is 6.01. The van der Waals surface area contributed by atoms with Crippen molar-refractivity contribution < 1.29 is 0 Å². The van der Waals surface area contributed by atoms with Crippen LogP contribution in [0.4, 0.5) is 5.82 Å². The van der Waals surface area contributed by atoms with E-state index in [0.717, 1.165) is 34.9 Å². The van der Waals surface area contributed by atoms with Gasteiger partial charge in [0.05, 0.1) is 23.6 Å². The Bertz CT molecular complexity index is 718. The van der Waals surface area contributed by atoms with E-state index in [1.54, 1.807) is 17.5 Å². The average Bonchev–Trinajstić information content (AvgIpc) is 3.11. The summed E-state index contributed by atoms with van der Waals surface area (Å²) in [7, 11) is 0. The van der Waals surface area contributed by atoms with Gasteiger partial charge in [-0.3, -0.25) is 4.98 Å². The summed E-state index contributed by atoms with van der Waals surface area (Å²) in [5, 5.41) is 11.0. The molecule has 0 saturated carbocycles. The molecule has 0 saturated heterocycles. The number of nitrogens with two attached hydrogens (primary N) is 1. The lowest BCUT2D eigenvalue weighted by Crippen LogP contribution is -2.07. The van der Waals surface area contributed by atoms with Crippen LogP contribution in [0.3, 0.4) is 0 Å². The molecule has 2 N–H and O–H groups in total. The Labute approximate surface area is 126 Å². The smallest absolute Gasteiger partial charge is 0.169 e. The zero-order valence-electron chi connectivity index (χ0n) is 11.7. The minimum Gasteiger partial charge on any atom is -0.381 e. The van der Waals surface area contributed by atoms with Crippen LogP contribution in [0.5, 0.6) is 0 Å². The van der Waals surface area contributed by atoms with Crippen molar-refractivity contribution in [1.29, 1.82) is 0 Å². The van der Waals surface area contributed by atoms with Gasteiger partial charge < -0.3 is 5.73 Å². The molecule has 0 aliphatic carbocycles. The zero-order chi connectivity index (χ0) is 14.7. The summed E-state index contributed by atoms with van der Waals surface area (Å²) in [6.07, 6.45) is 3.65. The number of pyridine rings is 1. The maximum Gasteiger partial charge on any atom is 0.169 e. The van der Waals surface area contributed by atoms with Crippen molar-refractivity contribution in [2.45, 2.75) is 26.3 Å². The summed E-state index contributed by atoms with van der Waals surface area (Å²) in [4.78, 5) is 8.93. The molecule has 7 heteroatoms. The molecular weight excluding hydrogens is 284 g/mol. The average molecular weight is 300 g/mol. The first-order chi connectivity index (χ1) is 10.3. The Hall–Kier alpha value is -2.28. The minimum atomic E-state index is 0.511. The number of thiazole rings is 1. The highest BCUT2D eigenvalue weighted by atomic mass is 32.1. The van der Waals surface area contributed by atoms with E-state index in [2.05, 4.69) is 27.2 Å². The number of rotatable bonds is 5. The Balaban J connectivity index is 1.82. The lowest BCUT2D eigenvalue weighted by atomic mass is 10.2. The third-order valence-corrected chi connectivity index (χ3v) is 4.02. The van der Waals surface area contributed by atoms with Crippen molar-refractivity contribution >= 4 is 17.2 Å². The van der Waals surface area contributed by atoms with Gasteiger partial charge in [0.15, 0.2) is 5.82 Å². The Morgan fingerprint density at radius 2 is 2.24 bits per heavy atom. The number of hydrogen-bond acceptors (Lipinski definition) is 6. The summed E-state index contributed by atoms with van der Waals surface area (Å²) in [6.45, 7) is 2.70. The van der Waals surface area contributed by atoms with Crippen LogP contribution >= 0.6 is 11.3 Å². The van der Waals surface area contributed by atoms with Crippen molar-refractivity contribution in [3.8, 4) is 10.7 Å². The topological polar surface area (TPSA) is 82.5 Å². The Kier molecular flexibility index (Phi) is 3.92. The fourth-order valence-electron chi connectivity index (χ4n) is 2.11. The van der Waals surface area contributed by atoms with Gasteiger partial charge in [-0.05, 0) is 18.6 Å². The van der Waals surface area contributed by atoms with Crippen LogP contribution in [0.25, 0.3) is 10.7 Å². The summed E-state index contributed by atoms with van der Waals surface area (Å²) in [5.74, 6) is 0.511. The summed E-state index contributed by atoms with van der Waals surface area (Å²) >= 11 is 1.58. The molecule has 0 aromatic carbocycles. The SMILES string of the molecule is CCCc1c(N)nnn1Cc1csc(-c2ccccn2)n1. The number of aromatic nitrogens is 5. The van der Waals surface area contributed by atoms with E-state index in [-0.39, 0.29) is 0 Å². The van der Waals surface area contributed by atoms with Gasteiger partial charge in [0.2, 0.25) is 0 Å². The normalized spacial score (nSPS) is 10.9. The highest BCUT2D eigenvalue weighted by Crippen LogP contribution is 2.22. The van der Waals surface area contributed by atoms with Crippen LogP contribution in [0.1, 0.15) is 24.7 Å². The van der Waals surface area contributed by atoms with E-state index >= 15 is 0 Å². The zero-order valence-corrected chi connectivity index (χ0v) is 12.5. The van der Waals surface area contributed by atoms with E-state index in [4.69, 9.17) is 5.73 Å². The second-order valence-corrected chi connectivity index (χ2v) is 5.55. The van der Waals surface area contributed by atoms with Crippen molar-refractivity contribution in [2.24, 2.45) is 0 Å². The van der Waals surface area contributed by atoms with Gasteiger partial charge in [0, 0.05) is 11.6 Å². The van der Waals surface area contributed by atoms with Gasteiger partial charge >= 0.3 is 0 Å². The molecule has 6 nitrogen and oxygen atoms in total. The summed E-state index contributed by atoms with van der Waals surface area (Å²) < 4.78 is 1.83. The maximum absolute atomic E-state index is 5.86. The van der Waals surface area contributed by atoms with Crippen molar-refractivity contribution in [3.05, 3.63) is 41.2 Å². The standard InChI is InChI=1S/C14H16N6S/c1-2-5-12-13(15)18-19-20(12)8-10-9-21-14(17-10)11-6-3-4-7-16-11/h3-4,6-7,9H,2,5,8,15H2,1H3. The molecule has 0 aliphatic rings. The first kappa shape index (κ1) is 13.7. The van der Waals surface area contributed by atoms with Crippen molar-refractivity contribution in [1.82, 2.24) is 25.0 Å². The predicted octanol–water partition coefficient (Wildman–Crippen LogP) is 2.38. The van der Waals surface area contributed by atoms with Gasteiger partial charge in [-0.25, -0.2) is 9.67 Å². The van der Waals surface area contributed by atoms with Crippen LogP contribution in [0, 0.1) is 0 Å². The number of nitrogens with zero attached hydrogens (tertiary/aromatic N) is 5. The van der Waals surface area contributed by atoms with Gasteiger partial charge in [0.1, 0.15) is 5.01 Å². The third-order valence-electron chi connectivity index (χ3n) is 3.10. The first-order valence-electron chi connectivity index (χ1n) is 6.81. The van der Waals surface area contributed by atoms with Gasteiger partial charge in [-0.1, -0.05) is 24.6 Å².